The summed E-state index contributed by atoms with van der Waals surface area (Å²) in [4.78, 5) is 33.2. The molecule has 0 fully saturated rings. The van der Waals surface area contributed by atoms with E-state index in [-0.39, 0.29) is 6.54 Å². The molecule has 0 aromatic heterocycles. The second kappa shape index (κ2) is 8.64. The summed E-state index contributed by atoms with van der Waals surface area (Å²) in [6.45, 7) is 1.08. The largest absolute Gasteiger partial charge is 0.481 e. The molecule has 0 aromatic rings. The van der Waals surface area contributed by atoms with Crippen LogP contribution in [-0.2, 0) is 9.59 Å². The fourth-order valence-electron chi connectivity index (χ4n) is 1.47. The summed E-state index contributed by atoms with van der Waals surface area (Å²) in [6.07, 6.45) is 1.75. The number of aliphatic hydroxyl groups is 1. The van der Waals surface area contributed by atoms with Crippen molar-refractivity contribution in [3.8, 4) is 0 Å². The molecule has 0 aliphatic carbocycles. The normalized spacial score (nSPS) is 14.9. The van der Waals surface area contributed by atoms with Crippen LogP contribution in [0.1, 0.15) is 19.8 Å². The van der Waals surface area contributed by atoms with Gasteiger partial charge in [0.15, 0.2) is 0 Å². The highest BCUT2D eigenvalue weighted by atomic mass is 32.2. The Morgan fingerprint density at radius 2 is 2.00 bits per heavy atom. The Balaban J connectivity index is 4.44. The maximum absolute atomic E-state index is 11.9. The number of thioether (sulfide) groups is 1. The summed E-state index contributed by atoms with van der Waals surface area (Å²) in [5, 5.41) is 23.1. The van der Waals surface area contributed by atoms with Crippen molar-refractivity contribution < 1.29 is 24.6 Å². The zero-order valence-corrected chi connectivity index (χ0v) is 12.3. The lowest BCUT2D eigenvalue weighted by Gasteiger charge is -2.23. The topological polar surface area (TPSA) is 142 Å². The summed E-state index contributed by atoms with van der Waals surface area (Å²) in [5.41, 5.74) is 3.43. The molecule has 2 atom stereocenters. The molecule has 9 heteroatoms. The summed E-state index contributed by atoms with van der Waals surface area (Å²) in [6, 6.07) is -1.62. The molecular weight excluding hydrogens is 286 g/mol. The van der Waals surface area contributed by atoms with E-state index in [4.69, 9.17) is 10.8 Å². The molecule has 8 nitrogen and oxygen atoms in total. The van der Waals surface area contributed by atoms with Crippen LogP contribution in [0.3, 0.4) is 0 Å². The zero-order chi connectivity index (χ0) is 15.8. The van der Waals surface area contributed by atoms with E-state index < -0.39 is 36.0 Å². The Bertz CT molecular complexity index is 362. The lowest BCUT2D eigenvalue weighted by Crippen LogP contribution is -2.52. The molecule has 0 aliphatic rings. The molecule has 0 aliphatic heterocycles. The van der Waals surface area contributed by atoms with Crippen molar-refractivity contribution in [1.82, 2.24) is 10.6 Å². The predicted octanol–water partition coefficient (Wildman–Crippen LogP) is -0.882. The molecule has 0 saturated carbocycles. The van der Waals surface area contributed by atoms with Crippen LogP contribution in [-0.4, -0.2) is 58.3 Å². The van der Waals surface area contributed by atoms with Gasteiger partial charge in [-0.25, -0.2) is 4.79 Å². The number of amides is 3. The molecule has 0 radical (unpaired) electrons. The first-order valence-corrected chi connectivity index (χ1v) is 7.34. The second-order valence-electron chi connectivity index (χ2n) is 4.63. The van der Waals surface area contributed by atoms with E-state index in [2.05, 4.69) is 10.6 Å². The van der Waals surface area contributed by atoms with Gasteiger partial charge in [-0.15, -0.1) is 0 Å². The van der Waals surface area contributed by atoms with E-state index in [1.807, 2.05) is 6.26 Å². The number of primary amides is 1. The van der Waals surface area contributed by atoms with Gasteiger partial charge in [0, 0.05) is 6.54 Å². The van der Waals surface area contributed by atoms with Crippen molar-refractivity contribution in [3.63, 3.8) is 0 Å². The molecule has 0 rings (SSSR count). The third kappa shape index (κ3) is 8.59. The van der Waals surface area contributed by atoms with Gasteiger partial charge in [0.1, 0.15) is 6.04 Å². The molecule has 2 unspecified atom stereocenters. The Labute approximate surface area is 121 Å². The molecule has 20 heavy (non-hydrogen) atoms. The van der Waals surface area contributed by atoms with E-state index in [0.717, 1.165) is 0 Å². The van der Waals surface area contributed by atoms with Crippen LogP contribution in [0.2, 0.25) is 0 Å². The first kappa shape index (κ1) is 18.5. The minimum Gasteiger partial charge on any atom is -0.481 e. The maximum atomic E-state index is 11.9. The van der Waals surface area contributed by atoms with Crippen molar-refractivity contribution in [3.05, 3.63) is 0 Å². The standard InChI is InChI=1S/C11H21N3O5S/c1-11(19,5-8(15)16)6-13-9(17)7(3-4-20-2)14-10(12)18/h7,19H,3-6H2,1-2H3,(H,13,17)(H,15,16)(H3,12,14,18). The van der Waals surface area contributed by atoms with Crippen LogP contribution in [0.25, 0.3) is 0 Å². The summed E-state index contributed by atoms with van der Waals surface area (Å²) in [5.74, 6) is -1.04. The molecule has 0 saturated heterocycles. The Kier molecular flexibility index (Phi) is 8.00. The highest BCUT2D eigenvalue weighted by molar-refractivity contribution is 7.98. The van der Waals surface area contributed by atoms with Crippen molar-refractivity contribution in [2.75, 3.05) is 18.6 Å². The van der Waals surface area contributed by atoms with Gasteiger partial charge in [-0.1, -0.05) is 0 Å². The number of urea groups is 1. The number of hydrogen-bond donors (Lipinski definition) is 5. The van der Waals surface area contributed by atoms with Gasteiger partial charge in [0.05, 0.1) is 12.0 Å². The van der Waals surface area contributed by atoms with Crippen LogP contribution in [0, 0.1) is 0 Å². The molecule has 0 bridgehead atoms. The predicted molar refractivity (Wildman–Crippen MR) is 75.4 cm³/mol. The van der Waals surface area contributed by atoms with Gasteiger partial charge in [-0.3, -0.25) is 9.59 Å². The smallest absolute Gasteiger partial charge is 0.312 e. The monoisotopic (exact) mass is 307 g/mol. The second-order valence-corrected chi connectivity index (χ2v) is 5.61. The van der Waals surface area contributed by atoms with Crippen LogP contribution in [0.5, 0.6) is 0 Å². The van der Waals surface area contributed by atoms with E-state index in [1.54, 1.807) is 0 Å². The molecule has 6 N–H and O–H groups in total. The van der Waals surface area contributed by atoms with Crippen molar-refractivity contribution in [1.29, 1.82) is 0 Å². The number of carbonyl (C=O) groups is 3. The number of carboxylic acids is 1. The van der Waals surface area contributed by atoms with Gasteiger partial charge in [-0.05, 0) is 25.4 Å². The Morgan fingerprint density at radius 3 is 2.45 bits per heavy atom. The molecule has 116 valence electrons. The first-order chi connectivity index (χ1) is 9.18. The van der Waals surface area contributed by atoms with Crippen LogP contribution < -0.4 is 16.4 Å². The quantitative estimate of drug-likeness (QED) is 0.374. The minimum absolute atomic E-state index is 0.228. The van der Waals surface area contributed by atoms with Gasteiger partial charge in [-0.2, -0.15) is 11.8 Å². The minimum atomic E-state index is -1.56. The number of hydrogen-bond acceptors (Lipinski definition) is 5. The van der Waals surface area contributed by atoms with Crippen LogP contribution in [0.4, 0.5) is 4.79 Å². The van der Waals surface area contributed by atoms with E-state index in [9.17, 15) is 19.5 Å². The fraction of sp³-hybridized carbons (Fsp3) is 0.727. The number of carbonyl (C=O) groups excluding carboxylic acids is 2. The number of carboxylic acid groups (broad SMARTS) is 1. The zero-order valence-electron chi connectivity index (χ0n) is 11.5. The number of aliphatic carboxylic acids is 1. The third-order valence-electron chi connectivity index (χ3n) is 2.42. The van der Waals surface area contributed by atoms with Crippen LogP contribution in [0.15, 0.2) is 0 Å². The fourth-order valence-corrected chi connectivity index (χ4v) is 1.94. The van der Waals surface area contributed by atoms with Gasteiger partial charge in [0.25, 0.3) is 0 Å². The number of rotatable bonds is 9. The van der Waals surface area contributed by atoms with Crippen molar-refractivity contribution in [2.24, 2.45) is 5.73 Å². The number of nitrogens with one attached hydrogen (secondary N) is 2. The molecule has 3 amide bonds. The van der Waals surface area contributed by atoms with Gasteiger partial charge in [0.2, 0.25) is 5.91 Å². The van der Waals surface area contributed by atoms with E-state index in [1.165, 1.54) is 18.7 Å². The van der Waals surface area contributed by atoms with Crippen LogP contribution >= 0.6 is 11.8 Å². The SMILES string of the molecule is CSCCC(NC(N)=O)C(=O)NCC(C)(O)CC(=O)O. The third-order valence-corrected chi connectivity index (χ3v) is 3.06. The van der Waals surface area contributed by atoms with Crippen molar-refractivity contribution >= 4 is 29.7 Å². The lowest BCUT2D eigenvalue weighted by atomic mass is 10.0. The molecule has 0 heterocycles. The summed E-state index contributed by atoms with van der Waals surface area (Å²) in [7, 11) is 0. The maximum Gasteiger partial charge on any atom is 0.312 e. The van der Waals surface area contributed by atoms with E-state index >= 15 is 0 Å². The molecule has 0 spiro atoms. The van der Waals surface area contributed by atoms with E-state index in [0.29, 0.717) is 12.2 Å². The number of nitrogens with two attached hydrogens (primary N) is 1. The Hall–Kier alpha value is -1.48. The summed E-state index contributed by atoms with van der Waals surface area (Å²) < 4.78 is 0. The lowest BCUT2D eigenvalue weighted by molar-refractivity contribution is -0.142. The average Bonchev–Trinajstić information content (AvgIpc) is 2.29. The van der Waals surface area contributed by atoms with Gasteiger partial charge < -0.3 is 26.6 Å². The van der Waals surface area contributed by atoms with Crippen molar-refractivity contribution in [2.45, 2.75) is 31.4 Å². The first-order valence-electron chi connectivity index (χ1n) is 5.94. The highest BCUT2D eigenvalue weighted by Crippen LogP contribution is 2.08. The summed E-state index contributed by atoms with van der Waals surface area (Å²) >= 11 is 1.51. The average molecular weight is 307 g/mol. The Morgan fingerprint density at radius 1 is 1.40 bits per heavy atom. The molecular formula is C11H21N3O5S. The molecule has 0 aromatic carbocycles. The van der Waals surface area contributed by atoms with Gasteiger partial charge >= 0.3 is 12.0 Å². The highest BCUT2D eigenvalue weighted by Gasteiger charge is 2.27.